The van der Waals surface area contributed by atoms with Gasteiger partial charge in [-0.3, -0.25) is 4.90 Å². The van der Waals surface area contributed by atoms with Crippen LogP contribution in [0.25, 0.3) is 0 Å². The van der Waals surface area contributed by atoms with Crippen molar-refractivity contribution in [1.82, 2.24) is 4.90 Å². The van der Waals surface area contributed by atoms with E-state index in [4.69, 9.17) is 0 Å². The average molecular weight is 311 g/mol. The molecular weight excluding hydrogens is 282 g/mol. The van der Waals surface area contributed by atoms with Crippen LogP contribution in [0.3, 0.4) is 0 Å². The molecule has 2 heteroatoms. The van der Waals surface area contributed by atoms with Gasteiger partial charge in [-0.2, -0.15) is 0 Å². The molecule has 2 aliphatic carbocycles. The van der Waals surface area contributed by atoms with Crippen LogP contribution in [-0.4, -0.2) is 29.1 Å². The molecule has 0 spiro atoms. The zero-order valence-electron chi connectivity index (χ0n) is 14.5. The molecule has 124 valence electrons. The van der Waals surface area contributed by atoms with Gasteiger partial charge in [0.05, 0.1) is 0 Å². The second-order valence-electron chi connectivity index (χ2n) is 8.15. The van der Waals surface area contributed by atoms with Crippen LogP contribution in [0.5, 0.6) is 5.75 Å². The summed E-state index contributed by atoms with van der Waals surface area (Å²) in [4.78, 5) is 2.73. The molecule has 1 N–H and O–H groups in total. The lowest BCUT2D eigenvalue weighted by atomic mass is 9.52. The van der Waals surface area contributed by atoms with Crippen molar-refractivity contribution in [2.75, 3.05) is 13.1 Å². The van der Waals surface area contributed by atoms with Crippen molar-refractivity contribution in [2.24, 2.45) is 5.92 Å². The molecule has 0 radical (unpaired) electrons. The first kappa shape index (κ1) is 15.3. The molecule has 2 bridgehead atoms. The Balaban J connectivity index is 1.75. The second-order valence-corrected chi connectivity index (χ2v) is 8.15. The Bertz CT molecular complexity index is 631. The molecule has 4 rings (SSSR count). The number of nitrogens with zero attached hydrogens (tertiary/aromatic N) is 1. The Morgan fingerprint density at radius 1 is 1.30 bits per heavy atom. The summed E-state index contributed by atoms with van der Waals surface area (Å²) in [5.41, 5.74) is 4.75. The van der Waals surface area contributed by atoms with Crippen LogP contribution in [0.2, 0.25) is 0 Å². The molecule has 3 aliphatic rings. The molecule has 1 saturated heterocycles. The van der Waals surface area contributed by atoms with Gasteiger partial charge in [0.25, 0.3) is 0 Å². The SMILES string of the molecule is CC(C)=CCN1CC[C@@]23CCCC[C@H]2[C@@H]1Cc1ccc(O)cc13. The molecule has 1 aliphatic heterocycles. The van der Waals surface area contributed by atoms with E-state index in [2.05, 4.69) is 37.0 Å². The highest BCUT2D eigenvalue weighted by Crippen LogP contribution is 2.56. The maximum atomic E-state index is 10.1. The van der Waals surface area contributed by atoms with E-state index in [0.29, 0.717) is 17.2 Å². The number of aromatic hydroxyl groups is 1. The highest BCUT2D eigenvalue weighted by Gasteiger charge is 2.53. The number of phenols is 1. The highest BCUT2D eigenvalue weighted by molar-refractivity contribution is 5.45. The lowest BCUT2D eigenvalue weighted by Crippen LogP contribution is -2.60. The van der Waals surface area contributed by atoms with Crippen LogP contribution < -0.4 is 0 Å². The number of fused-ring (bicyclic) bond motifs is 1. The average Bonchev–Trinajstić information content (AvgIpc) is 2.54. The van der Waals surface area contributed by atoms with E-state index >= 15 is 0 Å². The van der Waals surface area contributed by atoms with Gasteiger partial charge in [-0.1, -0.05) is 30.6 Å². The molecule has 2 fully saturated rings. The first-order valence-electron chi connectivity index (χ1n) is 9.30. The fourth-order valence-electron chi connectivity index (χ4n) is 5.60. The van der Waals surface area contributed by atoms with Crippen LogP contribution in [0.4, 0.5) is 0 Å². The quantitative estimate of drug-likeness (QED) is 0.817. The van der Waals surface area contributed by atoms with E-state index < -0.39 is 0 Å². The van der Waals surface area contributed by atoms with Crippen LogP contribution in [0.1, 0.15) is 57.1 Å². The minimum Gasteiger partial charge on any atom is -0.508 e. The van der Waals surface area contributed by atoms with Crippen LogP contribution in [0.15, 0.2) is 29.8 Å². The lowest BCUT2D eigenvalue weighted by molar-refractivity contribution is -0.00528. The van der Waals surface area contributed by atoms with Gasteiger partial charge < -0.3 is 5.11 Å². The summed E-state index contributed by atoms with van der Waals surface area (Å²) < 4.78 is 0. The predicted molar refractivity (Wildman–Crippen MR) is 94.9 cm³/mol. The zero-order valence-corrected chi connectivity index (χ0v) is 14.5. The first-order chi connectivity index (χ1) is 11.1. The molecule has 1 aromatic carbocycles. The van der Waals surface area contributed by atoms with Crippen LogP contribution in [0, 0.1) is 5.92 Å². The third-order valence-electron chi connectivity index (χ3n) is 6.67. The van der Waals surface area contributed by atoms with Gasteiger partial charge in [0.15, 0.2) is 0 Å². The summed E-state index contributed by atoms with van der Waals surface area (Å²) >= 11 is 0. The van der Waals surface area contributed by atoms with Crippen molar-refractivity contribution in [2.45, 2.75) is 63.8 Å². The van der Waals surface area contributed by atoms with Crippen molar-refractivity contribution in [1.29, 1.82) is 0 Å². The largest absolute Gasteiger partial charge is 0.508 e. The van der Waals surface area contributed by atoms with Gasteiger partial charge in [-0.05, 0) is 75.3 Å². The first-order valence-corrected chi connectivity index (χ1v) is 9.30. The maximum Gasteiger partial charge on any atom is 0.115 e. The Kier molecular flexibility index (Phi) is 3.76. The number of piperidine rings is 1. The molecule has 0 aromatic heterocycles. The van der Waals surface area contributed by atoms with Crippen molar-refractivity contribution >= 4 is 0 Å². The third kappa shape index (κ3) is 2.42. The Morgan fingerprint density at radius 3 is 3.00 bits per heavy atom. The summed E-state index contributed by atoms with van der Waals surface area (Å²) in [6.45, 7) is 6.72. The fraction of sp³-hybridized carbons (Fsp3) is 0.619. The standard InChI is InChI=1S/C21H29NO/c1-15(2)8-11-22-12-10-21-9-4-3-5-18(21)20(22)13-16-6-7-17(23)14-19(16)21/h6-8,14,18,20,23H,3-5,9-13H2,1-2H3/t18-,20-,21-/m0/s1. The molecule has 0 unspecified atom stereocenters. The molecule has 2 nitrogen and oxygen atoms in total. The van der Waals surface area contributed by atoms with Gasteiger partial charge >= 0.3 is 0 Å². The number of likely N-dealkylation sites (tertiary alicyclic amines) is 1. The van der Waals surface area contributed by atoms with Crippen LogP contribution >= 0.6 is 0 Å². The number of rotatable bonds is 2. The van der Waals surface area contributed by atoms with Crippen molar-refractivity contribution in [3.8, 4) is 5.75 Å². The van der Waals surface area contributed by atoms with E-state index in [-0.39, 0.29) is 0 Å². The van der Waals surface area contributed by atoms with E-state index in [9.17, 15) is 5.11 Å². The number of allylic oxidation sites excluding steroid dienone is 1. The monoisotopic (exact) mass is 311 g/mol. The fourth-order valence-corrected chi connectivity index (χ4v) is 5.60. The summed E-state index contributed by atoms with van der Waals surface area (Å²) in [5.74, 6) is 1.23. The van der Waals surface area contributed by atoms with Gasteiger partial charge in [0, 0.05) is 18.0 Å². The second kappa shape index (κ2) is 5.66. The minimum atomic E-state index is 0.344. The molecule has 1 saturated carbocycles. The summed E-state index contributed by atoms with van der Waals surface area (Å²) in [5, 5.41) is 10.1. The highest BCUT2D eigenvalue weighted by atomic mass is 16.3. The van der Waals surface area contributed by atoms with Gasteiger partial charge in [-0.15, -0.1) is 0 Å². The minimum absolute atomic E-state index is 0.344. The van der Waals surface area contributed by atoms with E-state index in [0.717, 1.165) is 12.5 Å². The summed E-state index contributed by atoms with van der Waals surface area (Å²) in [7, 11) is 0. The molecule has 1 aromatic rings. The number of hydrogen-bond acceptors (Lipinski definition) is 2. The predicted octanol–water partition coefficient (Wildman–Crippen LogP) is 4.42. The summed E-state index contributed by atoms with van der Waals surface area (Å²) in [6.07, 6.45) is 10.2. The summed E-state index contributed by atoms with van der Waals surface area (Å²) in [6, 6.07) is 6.86. The molecule has 1 heterocycles. The van der Waals surface area contributed by atoms with Gasteiger partial charge in [-0.25, -0.2) is 0 Å². The number of benzene rings is 1. The van der Waals surface area contributed by atoms with Crippen LogP contribution in [-0.2, 0) is 11.8 Å². The number of hydrogen-bond donors (Lipinski definition) is 1. The Morgan fingerprint density at radius 2 is 2.17 bits per heavy atom. The topological polar surface area (TPSA) is 23.5 Å². The van der Waals surface area contributed by atoms with Gasteiger partial charge in [0.1, 0.15) is 5.75 Å². The Hall–Kier alpha value is -1.28. The molecule has 3 atom stereocenters. The van der Waals surface area contributed by atoms with Crippen molar-refractivity contribution < 1.29 is 5.11 Å². The van der Waals surface area contributed by atoms with Gasteiger partial charge in [0.2, 0.25) is 0 Å². The molecule has 23 heavy (non-hydrogen) atoms. The molecular formula is C21H29NO. The normalized spacial score (nSPS) is 32.8. The number of phenolic OH excluding ortho intramolecular Hbond substituents is 1. The third-order valence-corrected chi connectivity index (χ3v) is 6.67. The zero-order chi connectivity index (χ0) is 16.0. The van der Waals surface area contributed by atoms with E-state index in [1.165, 1.54) is 61.8 Å². The Labute approximate surface area is 140 Å². The maximum absolute atomic E-state index is 10.1. The lowest BCUT2D eigenvalue weighted by Gasteiger charge is -2.59. The van der Waals surface area contributed by atoms with Crippen molar-refractivity contribution in [3.05, 3.63) is 41.0 Å². The molecule has 0 amide bonds. The van der Waals surface area contributed by atoms with E-state index in [1.54, 1.807) is 0 Å². The van der Waals surface area contributed by atoms with E-state index in [1.807, 2.05) is 6.07 Å². The van der Waals surface area contributed by atoms with Crippen molar-refractivity contribution in [3.63, 3.8) is 0 Å². The smallest absolute Gasteiger partial charge is 0.115 e.